The van der Waals surface area contributed by atoms with Crippen LogP contribution in [0.2, 0.25) is 0 Å². The van der Waals surface area contributed by atoms with Crippen LogP contribution in [0.15, 0.2) is 48.7 Å². The van der Waals surface area contributed by atoms with Gasteiger partial charge in [0.15, 0.2) is 0 Å². The molecule has 1 fully saturated rings. The maximum absolute atomic E-state index is 4.91. The number of benzene rings is 1. The van der Waals surface area contributed by atoms with E-state index >= 15 is 0 Å². The molecule has 0 bridgehead atoms. The first kappa shape index (κ1) is 20.6. The minimum atomic E-state index is 0.491. The van der Waals surface area contributed by atoms with Crippen LogP contribution in [-0.4, -0.2) is 51.7 Å². The molecule has 4 rings (SSSR count). The Balaban J connectivity index is 1.41. The lowest BCUT2D eigenvalue weighted by atomic mass is 10.1. The van der Waals surface area contributed by atoms with E-state index in [9.17, 15) is 0 Å². The monoisotopic (exact) mass is 504 g/mol. The Morgan fingerprint density at radius 1 is 1.03 bits per heavy atom. The van der Waals surface area contributed by atoms with Crippen LogP contribution >= 0.6 is 22.9 Å². The summed E-state index contributed by atoms with van der Waals surface area (Å²) in [7, 11) is 0. The molecule has 154 valence electrons. The molecule has 3 aromatic rings. The summed E-state index contributed by atoms with van der Waals surface area (Å²) in [6.45, 7) is 5.41. The molecule has 1 aromatic carbocycles. The fraction of sp³-hybridized carbons (Fsp3) is 0.455. The van der Waals surface area contributed by atoms with Crippen molar-refractivity contribution in [1.82, 2.24) is 23.0 Å². The average Bonchev–Trinajstić information content (AvgIpc) is 3.11. The van der Waals surface area contributed by atoms with Gasteiger partial charge >= 0.3 is 0 Å². The molecule has 0 amide bonds. The zero-order valence-corrected chi connectivity index (χ0v) is 18.9. The summed E-state index contributed by atoms with van der Waals surface area (Å²) < 4.78 is 5.57. The van der Waals surface area contributed by atoms with Gasteiger partial charge in [-0.2, -0.15) is 0 Å². The Morgan fingerprint density at radius 2 is 1.86 bits per heavy atom. The first-order valence-corrected chi connectivity index (χ1v) is 11.6. The standard InChI is InChI=1S/C22H29IN6/c23-25-13-17-28-15-10-19(11-16-28)26-22-27-20-8-1-2-9-21(20)29(22)14-5-7-18-6-3-4-12-24-18/h1-4,6,8-9,12,19,25H,5,7,10-11,13-17H2,(H,26,27). The summed E-state index contributed by atoms with van der Waals surface area (Å²) in [6.07, 6.45) is 6.23. The largest absolute Gasteiger partial charge is 0.353 e. The second-order valence-electron chi connectivity index (χ2n) is 7.64. The smallest absolute Gasteiger partial charge is 0.204 e. The van der Waals surface area contributed by atoms with Crippen LogP contribution in [0, 0.1) is 0 Å². The molecule has 0 spiro atoms. The average molecular weight is 504 g/mol. The molecule has 0 aliphatic carbocycles. The number of pyridine rings is 1. The van der Waals surface area contributed by atoms with Crippen molar-refractivity contribution in [2.45, 2.75) is 38.3 Å². The van der Waals surface area contributed by atoms with Crippen LogP contribution in [-0.2, 0) is 13.0 Å². The summed E-state index contributed by atoms with van der Waals surface area (Å²) in [5.41, 5.74) is 3.43. The van der Waals surface area contributed by atoms with Gasteiger partial charge in [0.25, 0.3) is 0 Å². The molecule has 1 aliphatic heterocycles. The normalized spacial score (nSPS) is 15.8. The van der Waals surface area contributed by atoms with Gasteiger partial charge in [0, 0.05) is 73.5 Å². The summed E-state index contributed by atoms with van der Waals surface area (Å²) in [5.74, 6) is 1.01. The van der Waals surface area contributed by atoms with Crippen LogP contribution in [0.5, 0.6) is 0 Å². The number of para-hydroxylation sites is 2. The van der Waals surface area contributed by atoms with Gasteiger partial charge in [-0.15, -0.1) is 0 Å². The SMILES string of the molecule is INCCN1CCC(Nc2nc3ccccc3n2CCCc2ccccn2)CC1. The number of anilines is 1. The molecule has 0 atom stereocenters. The molecular weight excluding hydrogens is 475 g/mol. The van der Waals surface area contributed by atoms with E-state index in [2.05, 4.69) is 82.6 Å². The number of rotatable bonds is 9. The van der Waals surface area contributed by atoms with Crippen molar-refractivity contribution in [2.75, 3.05) is 31.5 Å². The lowest BCUT2D eigenvalue weighted by Crippen LogP contribution is -2.41. The molecule has 6 nitrogen and oxygen atoms in total. The van der Waals surface area contributed by atoms with E-state index in [0.717, 1.165) is 62.7 Å². The van der Waals surface area contributed by atoms with Crippen LogP contribution < -0.4 is 8.85 Å². The molecule has 1 saturated heterocycles. The third kappa shape index (κ3) is 5.46. The zero-order chi connectivity index (χ0) is 19.9. The number of nitrogens with zero attached hydrogens (tertiary/aromatic N) is 4. The predicted molar refractivity (Wildman–Crippen MR) is 127 cm³/mol. The minimum Gasteiger partial charge on any atom is -0.353 e. The predicted octanol–water partition coefficient (Wildman–Crippen LogP) is 3.88. The van der Waals surface area contributed by atoms with Crippen molar-refractivity contribution in [3.63, 3.8) is 0 Å². The summed E-state index contributed by atoms with van der Waals surface area (Å²) in [6, 6.07) is 15.1. The highest BCUT2D eigenvalue weighted by molar-refractivity contribution is 14.1. The van der Waals surface area contributed by atoms with Gasteiger partial charge in [0.05, 0.1) is 11.0 Å². The van der Waals surface area contributed by atoms with Crippen molar-refractivity contribution in [2.24, 2.45) is 0 Å². The molecule has 2 aromatic heterocycles. The Labute approximate surface area is 186 Å². The van der Waals surface area contributed by atoms with E-state index in [-0.39, 0.29) is 0 Å². The number of imidazole rings is 1. The molecule has 0 saturated carbocycles. The highest BCUT2D eigenvalue weighted by Gasteiger charge is 2.21. The lowest BCUT2D eigenvalue weighted by Gasteiger charge is -2.32. The number of halogens is 1. The quantitative estimate of drug-likeness (QED) is 0.342. The van der Waals surface area contributed by atoms with Crippen molar-refractivity contribution >= 4 is 39.8 Å². The summed E-state index contributed by atoms with van der Waals surface area (Å²) in [4.78, 5) is 11.9. The molecule has 0 unspecified atom stereocenters. The fourth-order valence-corrected chi connectivity index (χ4v) is 4.30. The second-order valence-corrected chi connectivity index (χ2v) is 8.41. The van der Waals surface area contributed by atoms with Crippen LogP contribution in [0.25, 0.3) is 11.0 Å². The first-order chi connectivity index (χ1) is 14.3. The number of fused-ring (bicyclic) bond motifs is 1. The van der Waals surface area contributed by atoms with E-state index in [1.165, 1.54) is 18.4 Å². The Morgan fingerprint density at radius 3 is 2.66 bits per heavy atom. The van der Waals surface area contributed by atoms with Crippen molar-refractivity contribution in [1.29, 1.82) is 0 Å². The van der Waals surface area contributed by atoms with Crippen molar-refractivity contribution in [3.8, 4) is 0 Å². The summed E-state index contributed by atoms with van der Waals surface area (Å²) in [5, 5.41) is 3.76. The number of aromatic nitrogens is 3. The molecule has 2 N–H and O–H groups in total. The van der Waals surface area contributed by atoms with E-state index in [1.54, 1.807) is 0 Å². The fourth-order valence-electron chi connectivity index (χ4n) is 4.06. The Bertz CT molecular complexity index is 889. The number of aryl methyl sites for hydroxylation is 2. The van der Waals surface area contributed by atoms with Crippen LogP contribution in [0.3, 0.4) is 0 Å². The molecule has 1 aliphatic rings. The molecule has 7 heteroatoms. The third-order valence-corrected chi connectivity index (χ3v) is 6.18. The number of likely N-dealkylation sites (tertiary alicyclic amines) is 1. The number of nitrogens with one attached hydrogen (secondary N) is 2. The molecule has 3 heterocycles. The number of piperidine rings is 1. The molecular formula is C22H29IN6. The van der Waals surface area contributed by atoms with E-state index in [4.69, 9.17) is 4.98 Å². The van der Waals surface area contributed by atoms with Gasteiger partial charge < -0.3 is 14.8 Å². The van der Waals surface area contributed by atoms with E-state index in [1.807, 2.05) is 12.3 Å². The highest BCUT2D eigenvalue weighted by atomic mass is 127. The van der Waals surface area contributed by atoms with Gasteiger partial charge in [0.1, 0.15) is 0 Å². The van der Waals surface area contributed by atoms with E-state index in [0.29, 0.717) is 6.04 Å². The van der Waals surface area contributed by atoms with Gasteiger partial charge in [0.2, 0.25) is 5.95 Å². The topological polar surface area (TPSA) is 58.0 Å². The summed E-state index contributed by atoms with van der Waals surface area (Å²) >= 11 is 2.22. The molecule has 0 radical (unpaired) electrons. The number of hydrogen-bond acceptors (Lipinski definition) is 5. The third-order valence-electron chi connectivity index (χ3n) is 5.64. The lowest BCUT2D eigenvalue weighted by molar-refractivity contribution is 0.223. The molecule has 29 heavy (non-hydrogen) atoms. The van der Waals surface area contributed by atoms with Crippen molar-refractivity contribution < 1.29 is 0 Å². The maximum Gasteiger partial charge on any atom is 0.204 e. The minimum absolute atomic E-state index is 0.491. The maximum atomic E-state index is 4.91. The highest BCUT2D eigenvalue weighted by Crippen LogP contribution is 2.23. The van der Waals surface area contributed by atoms with E-state index < -0.39 is 0 Å². The second kappa shape index (κ2) is 10.4. The van der Waals surface area contributed by atoms with Gasteiger partial charge in [-0.25, -0.2) is 4.98 Å². The van der Waals surface area contributed by atoms with Crippen LogP contribution in [0.1, 0.15) is 25.0 Å². The van der Waals surface area contributed by atoms with Gasteiger partial charge in [-0.1, -0.05) is 18.2 Å². The van der Waals surface area contributed by atoms with Gasteiger partial charge in [-0.3, -0.25) is 8.51 Å². The van der Waals surface area contributed by atoms with Crippen LogP contribution in [0.4, 0.5) is 5.95 Å². The zero-order valence-electron chi connectivity index (χ0n) is 16.7. The Kier molecular flexibility index (Phi) is 7.34. The van der Waals surface area contributed by atoms with Crippen molar-refractivity contribution in [3.05, 3.63) is 54.4 Å². The van der Waals surface area contributed by atoms with Gasteiger partial charge in [-0.05, 0) is 49.9 Å². The number of hydrogen-bond donors (Lipinski definition) is 2. The first-order valence-electron chi connectivity index (χ1n) is 10.5. The Hall–Kier alpha value is -1.71.